The van der Waals surface area contributed by atoms with E-state index in [1.54, 1.807) is 19.2 Å². The molecule has 22 heavy (non-hydrogen) atoms. The Bertz CT molecular complexity index is 512. The highest BCUT2D eigenvalue weighted by atomic mass is 35.5. The van der Waals surface area contributed by atoms with E-state index >= 15 is 0 Å². The highest BCUT2D eigenvalue weighted by Gasteiger charge is 2.10. The lowest BCUT2D eigenvalue weighted by Crippen LogP contribution is -2.36. The van der Waals surface area contributed by atoms with Crippen molar-refractivity contribution in [3.05, 3.63) is 33.8 Å². The molecule has 1 aromatic carbocycles. The Morgan fingerprint density at radius 2 is 1.86 bits per heavy atom. The lowest BCUT2D eigenvalue weighted by molar-refractivity contribution is -0.126. The molecule has 0 aromatic heterocycles. The van der Waals surface area contributed by atoms with Crippen LogP contribution in [0.1, 0.15) is 10.4 Å². The maximum absolute atomic E-state index is 11.9. The van der Waals surface area contributed by atoms with Crippen LogP contribution in [-0.2, 0) is 14.3 Å². The lowest BCUT2D eigenvalue weighted by atomic mass is 10.2. The molecule has 0 saturated heterocycles. The molecule has 0 saturated carbocycles. The highest BCUT2D eigenvalue weighted by Crippen LogP contribution is 2.20. The van der Waals surface area contributed by atoms with E-state index in [1.807, 2.05) is 0 Å². The molecule has 2 N–H and O–H groups in total. The summed E-state index contributed by atoms with van der Waals surface area (Å²) in [5, 5.41) is 6.00. The van der Waals surface area contributed by atoms with Gasteiger partial charge in [-0.3, -0.25) is 9.59 Å². The van der Waals surface area contributed by atoms with E-state index in [4.69, 9.17) is 32.7 Å². The van der Waals surface area contributed by atoms with Gasteiger partial charge in [-0.1, -0.05) is 23.2 Å². The molecule has 8 heteroatoms. The van der Waals surface area contributed by atoms with Crippen molar-refractivity contribution in [2.75, 3.05) is 40.0 Å². The van der Waals surface area contributed by atoms with Crippen molar-refractivity contribution in [2.24, 2.45) is 0 Å². The van der Waals surface area contributed by atoms with E-state index in [1.165, 1.54) is 6.07 Å². The number of carbonyl (C=O) groups is 2. The van der Waals surface area contributed by atoms with Crippen LogP contribution < -0.4 is 10.6 Å². The normalized spacial score (nSPS) is 10.3. The van der Waals surface area contributed by atoms with E-state index in [9.17, 15) is 9.59 Å². The summed E-state index contributed by atoms with van der Waals surface area (Å²) in [5.41, 5.74) is 0.334. The van der Waals surface area contributed by atoms with Crippen LogP contribution in [0.3, 0.4) is 0 Å². The Morgan fingerprint density at radius 1 is 1.14 bits per heavy atom. The number of rotatable bonds is 9. The molecule has 0 atom stereocenters. The third-order valence-electron chi connectivity index (χ3n) is 2.57. The number of methoxy groups -OCH3 is 1. The molecule has 0 aliphatic carbocycles. The molecular formula is C14H18Cl2N2O4. The van der Waals surface area contributed by atoms with Gasteiger partial charge in [0, 0.05) is 25.2 Å². The Balaban J connectivity index is 2.21. The van der Waals surface area contributed by atoms with Gasteiger partial charge in [0.15, 0.2) is 0 Å². The van der Waals surface area contributed by atoms with Crippen LogP contribution in [-0.4, -0.2) is 51.8 Å². The number of halogens is 2. The van der Waals surface area contributed by atoms with Gasteiger partial charge in [-0.2, -0.15) is 0 Å². The van der Waals surface area contributed by atoms with Gasteiger partial charge in [0.05, 0.1) is 23.8 Å². The minimum atomic E-state index is -0.327. The predicted octanol–water partition coefficient (Wildman–Crippen LogP) is 1.50. The van der Waals surface area contributed by atoms with Gasteiger partial charge in [0.2, 0.25) is 5.91 Å². The Morgan fingerprint density at radius 3 is 2.55 bits per heavy atom. The number of carbonyl (C=O) groups excluding carboxylic acids is 2. The van der Waals surface area contributed by atoms with Crippen molar-refractivity contribution in [3.8, 4) is 0 Å². The van der Waals surface area contributed by atoms with Gasteiger partial charge >= 0.3 is 0 Å². The SMILES string of the molecule is COCCOCC(=O)NCCNC(=O)c1ccc(Cl)cc1Cl. The number of hydrogen-bond donors (Lipinski definition) is 2. The monoisotopic (exact) mass is 348 g/mol. The first-order valence-electron chi connectivity index (χ1n) is 6.61. The number of nitrogens with one attached hydrogen (secondary N) is 2. The summed E-state index contributed by atoms with van der Waals surface area (Å²) in [6, 6.07) is 4.63. The van der Waals surface area contributed by atoms with Crippen molar-refractivity contribution in [1.29, 1.82) is 0 Å². The molecule has 0 heterocycles. The molecule has 0 bridgehead atoms. The van der Waals surface area contributed by atoms with Crippen LogP contribution in [0.2, 0.25) is 10.0 Å². The van der Waals surface area contributed by atoms with E-state index in [0.29, 0.717) is 30.3 Å². The van der Waals surface area contributed by atoms with Gasteiger partial charge < -0.3 is 20.1 Å². The van der Waals surface area contributed by atoms with Gasteiger partial charge in [-0.25, -0.2) is 0 Å². The zero-order valence-electron chi connectivity index (χ0n) is 12.2. The largest absolute Gasteiger partial charge is 0.382 e. The average Bonchev–Trinajstić information content (AvgIpc) is 2.48. The first-order chi connectivity index (χ1) is 10.5. The van der Waals surface area contributed by atoms with E-state index < -0.39 is 0 Å². The number of amides is 2. The van der Waals surface area contributed by atoms with Crippen molar-refractivity contribution in [3.63, 3.8) is 0 Å². The summed E-state index contributed by atoms with van der Waals surface area (Å²) in [5.74, 6) is -0.581. The van der Waals surface area contributed by atoms with Crippen molar-refractivity contribution < 1.29 is 19.1 Å². The molecular weight excluding hydrogens is 331 g/mol. The molecule has 2 amide bonds. The van der Waals surface area contributed by atoms with Crippen LogP contribution in [0.4, 0.5) is 0 Å². The van der Waals surface area contributed by atoms with Crippen molar-refractivity contribution in [1.82, 2.24) is 10.6 Å². The standard InChI is InChI=1S/C14H18Cl2N2O4/c1-21-6-7-22-9-13(19)17-4-5-18-14(20)11-3-2-10(15)8-12(11)16/h2-3,8H,4-7,9H2,1H3,(H,17,19)(H,18,20). The van der Waals surface area contributed by atoms with E-state index in [0.717, 1.165) is 0 Å². The second-order valence-electron chi connectivity index (χ2n) is 4.28. The van der Waals surface area contributed by atoms with Crippen LogP contribution in [0, 0.1) is 0 Å². The minimum Gasteiger partial charge on any atom is -0.382 e. The summed E-state index contributed by atoms with van der Waals surface area (Å²) >= 11 is 11.7. The fourth-order valence-corrected chi connectivity index (χ4v) is 2.00. The van der Waals surface area contributed by atoms with Crippen LogP contribution in [0.15, 0.2) is 18.2 Å². The molecule has 1 rings (SSSR count). The molecule has 0 radical (unpaired) electrons. The average molecular weight is 349 g/mol. The third-order valence-corrected chi connectivity index (χ3v) is 3.12. The van der Waals surface area contributed by atoms with Crippen LogP contribution in [0.25, 0.3) is 0 Å². The maximum atomic E-state index is 11.9. The molecule has 0 spiro atoms. The molecule has 0 unspecified atom stereocenters. The zero-order chi connectivity index (χ0) is 16.4. The van der Waals surface area contributed by atoms with Gasteiger partial charge in [0.1, 0.15) is 6.61 Å². The van der Waals surface area contributed by atoms with Crippen LogP contribution in [0.5, 0.6) is 0 Å². The summed E-state index contributed by atoms with van der Waals surface area (Å²) < 4.78 is 9.84. The number of ether oxygens (including phenoxy) is 2. The quantitative estimate of drug-likeness (QED) is 0.663. The van der Waals surface area contributed by atoms with E-state index in [2.05, 4.69) is 10.6 Å². The third kappa shape index (κ3) is 7.09. The summed E-state index contributed by atoms with van der Waals surface area (Å²) in [6.07, 6.45) is 0. The summed E-state index contributed by atoms with van der Waals surface area (Å²) in [6.45, 7) is 1.33. The predicted molar refractivity (Wildman–Crippen MR) is 84.5 cm³/mol. The Labute approximate surface area is 139 Å². The van der Waals surface area contributed by atoms with Crippen molar-refractivity contribution in [2.45, 2.75) is 0 Å². The van der Waals surface area contributed by atoms with Gasteiger partial charge in [-0.15, -0.1) is 0 Å². The van der Waals surface area contributed by atoms with E-state index in [-0.39, 0.29) is 30.0 Å². The molecule has 0 fully saturated rings. The maximum Gasteiger partial charge on any atom is 0.252 e. The Hall–Kier alpha value is -1.34. The second kappa shape index (κ2) is 10.4. The van der Waals surface area contributed by atoms with Gasteiger partial charge in [0.25, 0.3) is 5.91 Å². The summed E-state index contributed by atoms with van der Waals surface area (Å²) in [7, 11) is 1.55. The second-order valence-corrected chi connectivity index (χ2v) is 5.12. The fourth-order valence-electron chi connectivity index (χ4n) is 1.50. The minimum absolute atomic E-state index is 0.0414. The summed E-state index contributed by atoms with van der Waals surface area (Å²) in [4.78, 5) is 23.3. The van der Waals surface area contributed by atoms with Gasteiger partial charge in [-0.05, 0) is 18.2 Å². The Kier molecular flexibility index (Phi) is 8.84. The first kappa shape index (κ1) is 18.7. The number of benzene rings is 1. The van der Waals surface area contributed by atoms with Crippen LogP contribution >= 0.6 is 23.2 Å². The smallest absolute Gasteiger partial charge is 0.252 e. The molecule has 0 aliphatic heterocycles. The number of hydrogen-bond acceptors (Lipinski definition) is 4. The molecule has 122 valence electrons. The van der Waals surface area contributed by atoms with Crippen molar-refractivity contribution >= 4 is 35.0 Å². The highest BCUT2D eigenvalue weighted by molar-refractivity contribution is 6.36. The lowest BCUT2D eigenvalue weighted by Gasteiger charge is -2.08. The molecule has 6 nitrogen and oxygen atoms in total. The molecule has 0 aliphatic rings. The topological polar surface area (TPSA) is 76.7 Å². The fraction of sp³-hybridized carbons (Fsp3) is 0.429. The first-order valence-corrected chi connectivity index (χ1v) is 7.37. The molecule has 1 aromatic rings. The zero-order valence-corrected chi connectivity index (χ0v) is 13.7.